The number of aromatic nitrogens is 1. The smallest absolute Gasteiger partial charge is 0.180 e. The van der Waals surface area contributed by atoms with Crippen LogP contribution in [0.5, 0.6) is 0 Å². The number of nitrogens with zero attached hydrogens (tertiary/aromatic N) is 2. The SMILES string of the molecule is CN(CCc1csc(N)n1)Cc1cccc(Br)c1. The monoisotopic (exact) mass is 325 g/mol. The van der Waals surface area contributed by atoms with E-state index in [0.29, 0.717) is 5.13 Å². The molecule has 1 heterocycles. The molecule has 1 aromatic heterocycles. The van der Waals surface area contributed by atoms with Gasteiger partial charge in [0.1, 0.15) is 0 Å². The van der Waals surface area contributed by atoms with Gasteiger partial charge in [0.25, 0.3) is 0 Å². The molecule has 0 aliphatic carbocycles. The highest BCUT2D eigenvalue weighted by molar-refractivity contribution is 9.10. The lowest BCUT2D eigenvalue weighted by Gasteiger charge is -2.16. The van der Waals surface area contributed by atoms with Crippen LogP contribution in [-0.4, -0.2) is 23.5 Å². The molecule has 0 fully saturated rings. The first-order valence-corrected chi connectivity index (χ1v) is 7.43. The predicted molar refractivity (Wildman–Crippen MR) is 80.7 cm³/mol. The fourth-order valence-corrected chi connectivity index (χ4v) is 2.81. The second-order valence-electron chi connectivity index (χ2n) is 4.29. The molecule has 0 radical (unpaired) electrons. The second kappa shape index (κ2) is 6.31. The van der Waals surface area contributed by atoms with Gasteiger partial charge < -0.3 is 10.6 Å². The van der Waals surface area contributed by atoms with E-state index < -0.39 is 0 Å². The van der Waals surface area contributed by atoms with E-state index in [-0.39, 0.29) is 0 Å². The zero-order valence-electron chi connectivity index (χ0n) is 10.3. The molecule has 96 valence electrons. The standard InChI is InChI=1S/C13H16BrN3S/c1-17(6-5-12-9-18-13(15)16-12)8-10-3-2-4-11(14)7-10/h2-4,7,9H,5-6,8H2,1H3,(H2,15,16). The topological polar surface area (TPSA) is 42.1 Å². The maximum Gasteiger partial charge on any atom is 0.180 e. The molecular weight excluding hydrogens is 310 g/mol. The summed E-state index contributed by atoms with van der Waals surface area (Å²) in [5, 5.41) is 2.68. The van der Waals surface area contributed by atoms with Gasteiger partial charge in [-0.05, 0) is 24.7 Å². The van der Waals surface area contributed by atoms with Gasteiger partial charge in [-0.15, -0.1) is 11.3 Å². The van der Waals surface area contributed by atoms with Crippen LogP contribution in [0.25, 0.3) is 0 Å². The van der Waals surface area contributed by atoms with Crippen molar-refractivity contribution in [2.24, 2.45) is 0 Å². The molecular formula is C13H16BrN3S. The lowest BCUT2D eigenvalue weighted by atomic mass is 10.2. The number of thiazole rings is 1. The first-order valence-electron chi connectivity index (χ1n) is 5.76. The van der Waals surface area contributed by atoms with Crippen LogP contribution in [-0.2, 0) is 13.0 Å². The van der Waals surface area contributed by atoms with Crippen LogP contribution in [0.15, 0.2) is 34.1 Å². The van der Waals surface area contributed by atoms with E-state index in [9.17, 15) is 0 Å². The number of rotatable bonds is 5. The van der Waals surface area contributed by atoms with Gasteiger partial charge in [0.2, 0.25) is 0 Å². The van der Waals surface area contributed by atoms with Gasteiger partial charge in [-0.1, -0.05) is 28.1 Å². The van der Waals surface area contributed by atoms with Crippen LogP contribution >= 0.6 is 27.3 Å². The van der Waals surface area contributed by atoms with Gasteiger partial charge in [0, 0.05) is 29.4 Å². The van der Waals surface area contributed by atoms with Gasteiger partial charge in [-0.3, -0.25) is 0 Å². The number of anilines is 1. The van der Waals surface area contributed by atoms with Crippen molar-refractivity contribution in [2.45, 2.75) is 13.0 Å². The number of nitrogens with two attached hydrogens (primary N) is 1. The molecule has 0 amide bonds. The third-order valence-electron chi connectivity index (χ3n) is 2.66. The van der Waals surface area contributed by atoms with Crippen molar-refractivity contribution < 1.29 is 0 Å². The normalized spacial score (nSPS) is 11.1. The summed E-state index contributed by atoms with van der Waals surface area (Å²) in [7, 11) is 2.12. The van der Waals surface area contributed by atoms with Gasteiger partial charge in [-0.25, -0.2) is 4.98 Å². The number of halogens is 1. The highest BCUT2D eigenvalue weighted by atomic mass is 79.9. The van der Waals surface area contributed by atoms with Crippen molar-refractivity contribution in [3.8, 4) is 0 Å². The quantitative estimate of drug-likeness (QED) is 0.918. The summed E-state index contributed by atoms with van der Waals surface area (Å²) >= 11 is 4.99. The molecule has 5 heteroatoms. The molecule has 0 saturated carbocycles. The van der Waals surface area contributed by atoms with E-state index in [1.54, 1.807) is 0 Å². The lowest BCUT2D eigenvalue weighted by molar-refractivity contribution is 0.330. The molecule has 2 aromatic rings. The van der Waals surface area contributed by atoms with Crippen LogP contribution in [0.1, 0.15) is 11.3 Å². The Kier molecular flexibility index (Phi) is 4.74. The maximum absolute atomic E-state index is 5.61. The minimum absolute atomic E-state index is 0.652. The number of hydrogen-bond acceptors (Lipinski definition) is 4. The highest BCUT2D eigenvalue weighted by Crippen LogP contribution is 2.14. The molecule has 0 atom stereocenters. The minimum Gasteiger partial charge on any atom is -0.375 e. The Morgan fingerprint density at radius 3 is 2.94 bits per heavy atom. The van der Waals surface area contributed by atoms with Crippen LogP contribution in [0.4, 0.5) is 5.13 Å². The second-order valence-corrected chi connectivity index (χ2v) is 6.10. The Labute approximate surface area is 120 Å². The molecule has 0 aliphatic heterocycles. The molecule has 0 bridgehead atoms. The number of hydrogen-bond donors (Lipinski definition) is 1. The Morgan fingerprint density at radius 1 is 1.44 bits per heavy atom. The molecule has 18 heavy (non-hydrogen) atoms. The Morgan fingerprint density at radius 2 is 2.28 bits per heavy atom. The number of likely N-dealkylation sites (N-methyl/N-ethyl adjacent to an activating group) is 1. The third kappa shape index (κ3) is 4.08. The first kappa shape index (κ1) is 13.5. The van der Waals surface area contributed by atoms with Crippen LogP contribution in [0.3, 0.4) is 0 Å². The summed E-state index contributed by atoms with van der Waals surface area (Å²) in [6.45, 7) is 1.93. The fourth-order valence-electron chi connectivity index (χ4n) is 1.77. The van der Waals surface area contributed by atoms with Crippen LogP contribution in [0.2, 0.25) is 0 Å². The van der Waals surface area contributed by atoms with Crippen LogP contribution < -0.4 is 5.73 Å². The summed E-state index contributed by atoms with van der Waals surface area (Å²) < 4.78 is 1.13. The molecule has 0 aliphatic rings. The lowest BCUT2D eigenvalue weighted by Crippen LogP contribution is -2.20. The summed E-state index contributed by atoms with van der Waals surface area (Å²) in [5.41, 5.74) is 8.01. The summed E-state index contributed by atoms with van der Waals surface area (Å²) in [5.74, 6) is 0. The van der Waals surface area contributed by atoms with Crippen molar-refractivity contribution in [3.63, 3.8) is 0 Å². The Balaban J connectivity index is 1.83. The van der Waals surface area contributed by atoms with E-state index in [1.165, 1.54) is 16.9 Å². The van der Waals surface area contributed by atoms with Crippen LogP contribution in [0, 0.1) is 0 Å². The Bertz CT molecular complexity index is 512. The third-order valence-corrected chi connectivity index (χ3v) is 3.88. The van der Waals surface area contributed by atoms with E-state index in [0.717, 1.165) is 29.7 Å². The zero-order chi connectivity index (χ0) is 13.0. The fraction of sp³-hybridized carbons (Fsp3) is 0.308. The summed E-state index contributed by atoms with van der Waals surface area (Å²) in [4.78, 5) is 6.55. The van der Waals surface area contributed by atoms with E-state index in [2.05, 4.69) is 51.1 Å². The summed E-state index contributed by atoms with van der Waals surface area (Å²) in [6.07, 6.45) is 0.943. The maximum atomic E-state index is 5.61. The Hall–Kier alpha value is -0.910. The van der Waals surface area contributed by atoms with Gasteiger partial charge in [0.05, 0.1) is 5.69 Å². The highest BCUT2D eigenvalue weighted by Gasteiger charge is 2.03. The van der Waals surface area contributed by atoms with Gasteiger partial charge in [-0.2, -0.15) is 0 Å². The van der Waals surface area contributed by atoms with E-state index in [1.807, 2.05) is 11.4 Å². The number of benzene rings is 1. The molecule has 2 rings (SSSR count). The average Bonchev–Trinajstić information content (AvgIpc) is 2.73. The molecule has 0 spiro atoms. The number of nitrogen functional groups attached to an aromatic ring is 1. The largest absolute Gasteiger partial charge is 0.375 e. The predicted octanol–water partition coefficient (Wildman–Crippen LogP) is 3.16. The van der Waals surface area contributed by atoms with Crippen molar-refractivity contribution in [2.75, 3.05) is 19.3 Å². The molecule has 1 aromatic carbocycles. The zero-order valence-corrected chi connectivity index (χ0v) is 12.7. The van der Waals surface area contributed by atoms with Crippen molar-refractivity contribution in [1.29, 1.82) is 0 Å². The van der Waals surface area contributed by atoms with Crippen molar-refractivity contribution >= 4 is 32.4 Å². The minimum atomic E-state index is 0.652. The van der Waals surface area contributed by atoms with E-state index >= 15 is 0 Å². The van der Waals surface area contributed by atoms with Crippen molar-refractivity contribution in [1.82, 2.24) is 9.88 Å². The van der Waals surface area contributed by atoms with Crippen molar-refractivity contribution in [3.05, 3.63) is 45.4 Å². The summed E-state index contributed by atoms with van der Waals surface area (Å²) in [6, 6.07) is 8.40. The van der Waals surface area contributed by atoms with Gasteiger partial charge >= 0.3 is 0 Å². The molecule has 0 unspecified atom stereocenters. The molecule has 3 nitrogen and oxygen atoms in total. The van der Waals surface area contributed by atoms with E-state index in [4.69, 9.17) is 5.73 Å². The molecule has 0 saturated heterocycles. The van der Waals surface area contributed by atoms with Gasteiger partial charge in [0.15, 0.2) is 5.13 Å². The first-order chi connectivity index (χ1) is 8.63. The average molecular weight is 326 g/mol. The molecule has 2 N–H and O–H groups in total.